The SMILES string of the molecule is CCC(CC)(CNC(=O)c1ccc(F)c(SC)c1)C(=O)O. The summed E-state index contributed by atoms with van der Waals surface area (Å²) in [6.07, 6.45) is 2.58. The maximum absolute atomic E-state index is 13.4. The highest BCUT2D eigenvalue weighted by Crippen LogP contribution is 2.26. The molecule has 4 nitrogen and oxygen atoms in total. The van der Waals surface area contributed by atoms with Crippen LogP contribution in [0.5, 0.6) is 0 Å². The molecular weight excluding hydrogens is 293 g/mol. The van der Waals surface area contributed by atoms with Crippen molar-refractivity contribution >= 4 is 23.6 Å². The second kappa shape index (κ2) is 7.45. The average Bonchev–Trinajstić information content (AvgIpc) is 2.48. The van der Waals surface area contributed by atoms with Gasteiger partial charge in [0.2, 0.25) is 0 Å². The van der Waals surface area contributed by atoms with Crippen LogP contribution in [0, 0.1) is 11.2 Å². The van der Waals surface area contributed by atoms with Gasteiger partial charge >= 0.3 is 5.97 Å². The molecular formula is C15H20FNO3S. The summed E-state index contributed by atoms with van der Waals surface area (Å²) in [6.45, 7) is 3.63. The van der Waals surface area contributed by atoms with Crippen LogP contribution in [0.1, 0.15) is 37.0 Å². The molecule has 0 unspecified atom stereocenters. The third-order valence-corrected chi connectivity index (χ3v) is 4.56. The quantitative estimate of drug-likeness (QED) is 0.759. The maximum Gasteiger partial charge on any atom is 0.311 e. The van der Waals surface area contributed by atoms with E-state index in [-0.39, 0.29) is 12.4 Å². The Balaban J connectivity index is 2.84. The normalized spacial score (nSPS) is 11.2. The Labute approximate surface area is 128 Å². The summed E-state index contributed by atoms with van der Waals surface area (Å²) in [7, 11) is 0. The topological polar surface area (TPSA) is 66.4 Å². The largest absolute Gasteiger partial charge is 0.481 e. The minimum Gasteiger partial charge on any atom is -0.481 e. The molecule has 0 fully saturated rings. The van der Waals surface area contributed by atoms with Crippen LogP contribution < -0.4 is 5.32 Å². The number of benzene rings is 1. The van der Waals surface area contributed by atoms with E-state index in [1.165, 1.54) is 30.0 Å². The lowest BCUT2D eigenvalue weighted by Crippen LogP contribution is -2.42. The fourth-order valence-corrected chi connectivity index (χ4v) is 2.54. The van der Waals surface area contributed by atoms with E-state index in [0.717, 1.165) is 0 Å². The van der Waals surface area contributed by atoms with Crippen LogP contribution in [0.15, 0.2) is 23.1 Å². The lowest BCUT2D eigenvalue weighted by Gasteiger charge is -2.26. The Morgan fingerprint density at radius 1 is 1.33 bits per heavy atom. The zero-order valence-electron chi connectivity index (χ0n) is 12.4. The zero-order valence-corrected chi connectivity index (χ0v) is 13.2. The number of carboxylic acid groups (broad SMARTS) is 1. The van der Waals surface area contributed by atoms with E-state index >= 15 is 0 Å². The summed E-state index contributed by atoms with van der Waals surface area (Å²) in [5.41, 5.74) is -0.634. The van der Waals surface area contributed by atoms with Crippen molar-refractivity contribution in [3.63, 3.8) is 0 Å². The predicted molar refractivity (Wildman–Crippen MR) is 81.2 cm³/mol. The number of rotatable bonds is 7. The number of amides is 1. The molecule has 1 rings (SSSR count). The molecule has 116 valence electrons. The van der Waals surface area contributed by atoms with E-state index in [1.807, 2.05) is 0 Å². The molecule has 0 aliphatic rings. The van der Waals surface area contributed by atoms with E-state index in [9.17, 15) is 19.1 Å². The first-order valence-corrected chi connectivity index (χ1v) is 7.97. The lowest BCUT2D eigenvalue weighted by molar-refractivity contribution is -0.149. The van der Waals surface area contributed by atoms with Crippen LogP contribution in [-0.2, 0) is 4.79 Å². The second-order valence-corrected chi connectivity index (χ2v) is 5.67. The molecule has 0 spiro atoms. The second-order valence-electron chi connectivity index (χ2n) is 4.82. The Morgan fingerprint density at radius 2 is 1.95 bits per heavy atom. The minimum absolute atomic E-state index is 0.0557. The predicted octanol–water partition coefficient (Wildman–Crippen LogP) is 3.17. The molecule has 21 heavy (non-hydrogen) atoms. The number of carboxylic acids is 1. The lowest BCUT2D eigenvalue weighted by atomic mass is 9.82. The van der Waals surface area contributed by atoms with Crippen molar-refractivity contribution in [3.8, 4) is 0 Å². The van der Waals surface area contributed by atoms with Crippen LogP contribution in [0.3, 0.4) is 0 Å². The zero-order chi connectivity index (χ0) is 16.0. The van der Waals surface area contributed by atoms with Gasteiger partial charge in [0.15, 0.2) is 0 Å². The van der Waals surface area contributed by atoms with Crippen LogP contribution in [-0.4, -0.2) is 29.8 Å². The van der Waals surface area contributed by atoms with Crippen molar-refractivity contribution < 1.29 is 19.1 Å². The number of hydrogen-bond donors (Lipinski definition) is 2. The summed E-state index contributed by atoms with van der Waals surface area (Å²) in [4.78, 5) is 23.9. The van der Waals surface area contributed by atoms with E-state index < -0.39 is 17.3 Å². The summed E-state index contributed by atoms with van der Waals surface area (Å²) in [6, 6.07) is 4.10. The third kappa shape index (κ3) is 3.97. The van der Waals surface area contributed by atoms with Crippen LogP contribution in [0.25, 0.3) is 0 Å². The van der Waals surface area contributed by atoms with Gasteiger partial charge in [-0.05, 0) is 37.3 Å². The van der Waals surface area contributed by atoms with Crippen molar-refractivity contribution in [1.82, 2.24) is 5.32 Å². The Kier molecular flexibility index (Phi) is 6.20. The maximum atomic E-state index is 13.4. The highest BCUT2D eigenvalue weighted by atomic mass is 32.2. The van der Waals surface area contributed by atoms with Gasteiger partial charge in [0.05, 0.1) is 5.41 Å². The molecule has 1 amide bonds. The highest BCUT2D eigenvalue weighted by molar-refractivity contribution is 7.98. The van der Waals surface area contributed by atoms with Crippen molar-refractivity contribution in [2.24, 2.45) is 5.41 Å². The van der Waals surface area contributed by atoms with E-state index in [0.29, 0.717) is 23.3 Å². The molecule has 0 saturated carbocycles. The fraction of sp³-hybridized carbons (Fsp3) is 0.467. The summed E-state index contributed by atoms with van der Waals surface area (Å²) < 4.78 is 13.4. The smallest absolute Gasteiger partial charge is 0.311 e. The number of thioether (sulfide) groups is 1. The monoisotopic (exact) mass is 313 g/mol. The third-order valence-electron chi connectivity index (χ3n) is 3.81. The molecule has 0 heterocycles. The summed E-state index contributed by atoms with van der Waals surface area (Å²) in [5, 5.41) is 12.0. The molecule has 0 aliphatic carbocycles. The number of aliphatic carboxylic acids is 1. The molecule has 1 aromatic rings. The first kappa shape index (κ1) is 17.5. The number of halogens is 1. The Morgan fingerprint density at radius 3 is 2.43 bits per heavy atom. The Bertz CT molecular complexity index is 530. The molecule has 2 N–H and O–H groups in total. The van der Waals surface area contributed by atoms with E-state index in [2.05, 4.69) is 5.32 Å². The first-order chi connectivity index (χ1) is 9.90. The molecule has 1 aromatic carbocycles. The van der Waals surface area contributed by atoms with Gasteiger partial charge in [0.1, 0.15) is 5.82 Å². The molecule has 0 saturated heterocycles. The summed E-state index contributed by atoms with van der Waals surface area (Å²) in [5.74, 6) is -1.68. The van der Waals surface area contributed by atoms with E-state index in [4.69, 9.17) is 0 Å². The average molecular weight is 313 g/mol. The van der Waals surface area contributed by atoms with Gasteiger partial charge in [-0.25, -0.2) is 4.39 Å². The van der Waals surface area contributed by atoms with Gasteiger partial charge in [0, 0.05) is 17.0 Å². The summed E-state index contributed by atoms with van der Waals surface area (Å²) >= 11 is 1.22. The molecule has 0 aliphatic heterocycles. The van der Waals surface area contributed by atoms with Gasteiger partial charge in [-0.2, -0.15) is 0 Å². The van der Waals surface area contributed by atoms with Gasteiger partial charge in [-0.3, -0.25) is 9.59 Å². The number of carbonyl (C=O) groups excluding carboxylic acids is 1. The minimum atomic E-state index is -0.960. The fourth-order valence-electron chi connectivity index (χ4n) is 2.03. The molecule has 0 aromatic heterocycles. The first-order valence-electron chi connectivity index (χ1n) is 6.75. The van der Waals surface area contributed by atoms with E-state index in [1.54, 1.807) is 20.1 Å². The standard InChI is InChI=1S/C15H20FNO3S/c1-4-15(5-2,14(19)20)9-17-13(18)10-6-7-11(16)12(8-10)21-3/h6-8H,4-5,9H2,1-3H3,(H,17,18)(H,19,20). The van der Waals surface area contributed by atoms with Gasteiger partial charge in [0.25, 0.3) is 5.91 Å². The Hall–Kier alpha value is -1.56. The number of nitrogens with one attached hydrogen (secondary N) is 1. The van der Waals surface area contributed by atoms with Gasteiger partial charge in [-0.15, -0.1) is 11.8 Å². The van der Waals surface area contributed by atoms with Crippen molar-refractivity contribution in [3.05, 3.63) is 29.6 Å². The molecule has 0 bridgehead atoms. The van der Waals surface area contributed by atoms with Crippen LogP contribution in [0.2, 0.25) is 0 Å². The van der Waals surface area contributed by atoms with Crippen LogP contribution in [0.4, 0.5) is 4.39 Å². The molecule has 0 atom stereocenters. The van der Waals surface area contributed by atoms with Crippen molar-refractivity contribution in [2.45, 2.75) is 31.6 Å². The molecule has 6 heteroatoms. The highest BCUT2D eigenvalue weighted by Gasteiger charge is 2.35. The molecule has 0 radical (unpaired) electrons. The van der Waals surface area contributed by atoms with Crippen LogP contribution >= 0.6 is 11.8 Å². The van der Waals surface area contributed by atoms with Crippen molar-refractivity contribution in [1.29, 1.82) is 0 Å². The number of hydrogen-bond acceptors (Lipinski definition) is 3. The number of carbonyl (C=O) groups is 2. The van der Waals surface area contributed by atoms with Gasteiger partial charge < -0.3 is 10.4 Å². The van der Waals surface area contributed by atoms with Gasteiger partial charge in [-0.1, -0.05) is 13.8 Å². The van der Waals surface area contributed by atoms with Crippen molar-refractivity contribution in [2.75, 3.05) is 12.8 Å².